The minimum Gasteiger partial charge on any atom is -0.328 e. The van der Waals surface area contributed by atoms with E-state index in [2.05, 4.69) is 34.2 Å². The fraction of sp³-hybridized carbons (Fsp3) is 0.375. The summed E-state index contributed by atoms with van der Waals surface area (Å²) in [6, 6.07) is 3.64. The molecule has 112 valence electrons. The van der Waals surface area contributed by atoms with Gasteiger partial charge in [0.15, 0.2) is 5.78 Å². The third-order valence-corrected chi connectivity index (χ3v) is 4.30. The van der Waals surface area contributed by atoms with Crippen molar-refractivity contribution in [2.45, 2.75) is 32.7 Å². The van der Waals surface area contributed by atoms with E-state index in [4.69, 9.17) is 0 Å². The molecule has 6 nitrogen and oxygen atoms in total. The number of pyridine rings is 1. The zero-order chi connectivity index (χ0) is 15.3. The maximum atomic E-state index is 12.8. The molecule has 2 aromatic heterocycles. The third-order valence-electron chi connectivity index (χ3n) is 4.30. The number of carbonyl (C=O) groups excluding carboxylic acids is 1. The Morgan fingerprint density at radius 1 is 1.27 bits per heavy atom. The predicted octanol–water partition coefficient (Wildman–Crippen LogP) is 2.33. The third kappa shape index (κ3) is 1.94. The minimum absolute atomic E-state index is 0.0338. The van der Waals surface area contributed by atoms with Gasteiger partial charge in [0, 0.05) is 30.1 Å². The number of fused-ring (bicyclic) bond motifs is 1. The van der Waals surface area contributed by atoms with E-state index < -0.39 is 0 Å². The molecule has 0 radical (unpaired) electrons. The first-order chi connectivity index (χ1) is 10.6. The number of hydrogen-bond donors (Lipinski definition) is 1. The van der Waals surface area contributed by atoms with Gasteiger partial charge in [-0.3, -0.25) is 9.78 Å². The van der Waals surface area contributed by atoms with Gasteiger partial charge in [0.2, 0.25) is 5.95 Å². The molecule has 2 aliphatic rings. The van der Waals surface area contributed by atoms with Crippen molar-refractivity contribution in [1.82, 2.24) is 19.7 Å². The summed E-state index contributed by atoms with van der Waals surface area (Å²) < 4.78 is 1.78. The number of nitrogens with zero attached hydrogens (tertiary/aromatic N) is 4. The Balaban J connectivity index is 1.91. The summed E-state index contributed by atoms with van der Waals surface area (Å²) in [5.74, 6) is 0.868. The summed E-state index contributed by atoms with van der Waals surface area (Å²) in [5, 5.41) is 7.61. The van der Waals surface area contributed by atoms with Crippen LogP contribution in [0.2, 0.25) is 0 Å². The van der Waals surface area contributed by atoms with E-state index in [-0.39, 0.29) is 17.2 Å². The fourth-order valence-electron chi connectivity index (χ4n) is 3.40. The smallest absolute Gasteiger partial charge is 0.226 e. The van der Waals surface area contributed by atoms with Crippen molar-refractivity contribution >= 4 is 11.7 Å². The standard InChI is InChI=1S/C16H17N5O/c1-16(2)7-11-13(12(22)8-16)14(10-3-5-17-6-4-10)21-15(20-11)18-9-19-21/h3-6,9,14H,7-8H2,1-2H3,(H,18,19,20)/t14-/m0/s1. The Morgan fingerprint density at radius 3 is 2.82 bits per heavy atom. The van der Waals surface area contributed by atoms with Gasteiger partial charge in [-0.25, -0.2) is 4.68 Å². The Kier molecular flexibility index (Phi) is 2.69. The molecule has 0 aromatic carbocycles. The van der Waals surface area contributed by atoms with Crippen LogP contribution >= 0.6 is 0 Å². The quantitative estimate of drug-likeness (QED) is 0.874. The van der Waals surface area contributed by atoms with E-state index in [1.54, 1.807) is 17.1 Å². The summed E-state index contributed by atoms with van der Waals surface area (Å²) in [6.07, 6.45) is 6.39. The zero-order valence-electron chi connectivity index (χ0n) is 12.6. The SMILES string of the molecule is CC1(C)CC(=O)C2=C(C1)Nc1ncnn1[C@H]2c1ccncc1. The Bertz CT molecular complexity index is 775. The number of ketones is 1. The maximum absolute atomic E-state index is 12.8. The summed E-state index contributed by atoms with van der Waals surface area (Å²) in [5.41, 5.74) is 2.75. The molecule has 2 aromatic rings. The van der Waals surface area contributed by atoms with Crippen molar-refractivity contribution in [3.05, 3.63) is 47.7 Å². The van der Waals surface area contributed by atoms with Crippen LogP contribution in [-0.2, 0) is 4.79 Å². The van der Waals surface area contributed by atoms with Gasteiger partial charge in [-0.05, 0) is 29.5 Å². The number of Topliss-reactive ketones (excluding diaryl/α,β-unsaturated/α-hetero) is 1. The number of nitrogens with one attached hydrogen (secondary N) is 1. The second kappa shape index (κ2) is 4.50. The van der Waals surface area contributed by atoms with Crippen LogP contribution in [0, 0.1) is 5.41 Å². The van der Waals surface area contributed by atoms with Gasteiger partial charge in [0.05, 0.1) is 0 Å². The maximum Gasteiger partial charge on any atom is 0.226 e. The van der Waals surface area contributed by atoms with E-state index in [0.29, 0.717) is 12.4 Å². The van der Waals surface area contributed by atoms with Gasteiger partial charge in [0.1, 0.15) is 12.4 Å². The van der Waals surface area contributed by atoms with Crippen molar-refractivity contribution in [2.75, 3.05) is 5.32 Å². The van der Waals surface area contributed by atoms with Crippen LogP contribution in [0.25, 0.3) is 0 Å². The van der Waals surface area contributed by atoms with E-state index in [9.17, 15) is 4.79 Å². The summed E-state index contributed by atoms with van der Waals surface area (Å²) in [7, 11) is 0. The summed E-state index contributed by atoms with van der Waals surface area (Å²) in [6.45, 7) is 4.24. The molecule has 0 spiro atoms. The van der Waals surface area contributed by atoms with Gasteiger partial charge in [0.25, 0.3) is 0 Å². The lowest BCUT2D eigenvalue weighted by Gasteiger charge is -2.38. The number of hydrogen-bond acceptors (Lipinski definition) is 5. The molecule has 0 saturated heterocycles. The minimum atomic E-state index is -0.222. The average molecular weight is 295 g/mol. The van der Waals surface area contributed by atoms with Gasteiger partial charge < -0.3 is 5.32 Å². The highest BCUT2D eigenvalue weighted by atomic mass is 16.1. The first-order valence-corrected chi connectivity index (χ1v) is 7.38. The second-order valence-corrected chi connectivity index (χ2v) is 6.67. The van der Waals surface area contributed by atoms with Crippen LogP contribution < -0.4 is 5.32 Å². The highest BCUT2D eigenvalue weighted by Gasteiger charge is 2.41. The molecular weight excluding hydrogens is 278 g/mol. The molecule has 0 unspecified atom stereocenters. The van der Waals surface area contributed by atoms with Gasteiger partial charge in [-0.1, -0.05) is 13.8 Å². The number of rotatable bonds is 1. The lowest BCUT2D eigenvalue weighted by atomic mass is 9.73. The van der Waals surface area contributed by atoms with Gasteiger partial charge in [-0.15, -0.1) is 0 Å². The molecule has 0 saturated carbocycles. The van der Waals surface area contributed by atoms with Crippen LogP contribution in [0.15, 0.2) is 42.1 Å². The van der Waals surface area contributed by atoms with Crippen molar-refractivity contribution in [3.63, 3.8) is 0 Å². The molecule has 0 fully saturated rings. The highest BCUT2D eigenvalue weighted by molar-refractivity contribution is 6.00. The second-order valence-electron chi connectivity index (χ2n) is 6.67. The average Bonchev–Trinajstić information content (AvgIpc) is 2.92. The molecule has 22 heavy (non-hydrogen) atoms. The number of carbonyl (C=O) groups is 1. The lowest BCUT2D eigenvalue weighted by molar-refractivity contribution is -0.118. The van der Waals surface area contributed by atoms with Crippen LogP contribution in [0.5, 0.6) is 0 Å². The normalized spacial score (nSPS) is 22.8. The Labute approximate surface area is 128 Å². The van der Waals surface area contributed by atoms with Crippen LogP contribution in [0.3, 0.4) is 0 Å². The first-order valence-electron chi connectivity index (χ1n) is 7.38. The molecule has 1 atom stereocenters. The predicted molar refractivity (Wildman–Crippen MR) is 81.1 cm³/mol. The largest absolute Gasteiger partial charge is 0.328 e. The van der Waals surface area contributed by atoms with Crippen molar-refractivity contribution in [2.24, 2.45) is 5.41 Å². The van der Waals surface area contributed by atoms with E-state index in [1.165, 1.54) is 6.33 Å². The van der Waals surface area contributed by atoms with Crippen molar-refractivity contribution < 1.29 is 4.79 Å². The lowest BCUT2D eigenvalue weighted by Crippen LogP contribution is -2.36. The molecule has 6 heteroatoms. The van der Waals surface area contributed by atoms with Crippen molar-refractivity contribution in [1.29, 1.82) is 0 Å². The zero-order valence-corrected chi connectivity index (χ0v) is 12.6. The van der Waals surface area contributed by atoms with Crippen LogP contribution in [-0.4, -0.2) is 25.5 Å². The number of anilines is 1. The molecule has 1 N–H and O–H groups in total. The summed E-state index contributed by atoms with van der Waals surface area (Å²) in [4.78, 5) is 21.1. The van der Waals surface area contributed by atoms with Crippen LogP contribution in [0.4, 0.5) is 5.95 Å². The van der Waals surface area contributed by atoms with E-state index >= 15 is 0 Å². The fourth-order valence-corrected chi connectivity index (χ4v) is 3.40. The first kappa shape index (κ1) is 13.2. The topological polar surface area (TPSA) is 72.7 Å². The number of aromatic nitrogens is 4. The molecule has 0 bridgehead atoms. The molecule has 0 amide bonds. The van der Waals surface area contributed by atoms with E-state index in [0.717, 1.165) is 23.3 Å². The molecule has 1 aliphatic carbocycles. The van der Waals surface area contributed by atoms with Crippen LogP contribution in [0.1, 0.15) is 38.3 Å². The molecular formula is C16H17N5O. The molecule has 1 aliphatic heterocycles. The number of allylic oxidation sites excluding steroid dienone is 2. The monoisotopic (exact) mass is 295 g/mol. The molecule has 3 heterocycles. The Morgan fingerprint density at radius 2 is 2.05 bits per heavy atom. The highest BCUT2D eigenvalue weighted by Crippen LogP contribution is 2.44. The molecule has 4 rings (SSSR count). The van der Waals surface area contributed by atoms with Gasteiger partial charge in [-0.2, -0.15) is 10.1 Å². The van der Waals surface area contributed by atoms with E-state index in [1.807, 2.05) is 12.1 Å². The summed E-state index contributed by atoms with van der Waals surface area (Å²) >= 11 is 0. The van der Waals surface area contributed by atoms with Crippen molar-refractivity contribution in [3.8, 4) is 0 Å². The Hall–Kier alpha value is -2.50. The van der Waals surface area contributed by atoms with Gasteiger partial charge >= 0.3 is 0 Å².